The lowest BCUT2D eigenvalue weighted by Gasteiger charge is -2.08. The highest BCUT2D eigenvalue weighted by atomic mass is 16.5. The first-order valence-corrected chi connectivity index (χ1v) is 4.02. The highest BCUT2D eigenvalue weighted by molar-refractivity contribution is 5.98. The second-order valence-electron chi connectivity index (χ2n) is 2.86. The van der Waals surface area contributed by atoms with Gasteiger partial charge in [0.05, 0.1) is 12.5 Å². The van der Waals surface area contributed by atoms with Crippen molar-refractivity contribution in [1.29, 1.82) is 0 Å². The molecule has 12 heavy (non-hydrogen) atoms. The number of ketones is 1. The lowest BCUT2D eigenvalue weighted by Crippen LogP contribution is -2.17. The van der Waals surface area contributed by atoms with E-state index in [1.54, 1.807) is 13.8 Å². The summed E-state index contributed by atoms with van der Waals surface area (Å²) in [5, 5.41) is 0. The predicted molar refractivity (Wildman–Crippen MR) is 43.5 cm³/mol. The van der Waals surface area contributed by atoms with Gasteiger partial charge in [0.2, 0.25) is 0 Å². The molecule has 0 amide bonds. The van der Waals surface area contributed by atoms with E-state index in [2.05, 4.69) is 0 Å². The van der Waals surface area contributed by atoms with Crippen molar-refractivity contribution in [3.8, 4) is 0 Å². The van der Waals surface area contributed by atoms with Crippen LogP contribution in [0.4, 0.5) is 0 Å². The molecule has 0 aromatic rings. The van der Waals surface area contributed by atoms with Crippen LogP contribution in [0.1, 0.15) is 20.3 Å². The molecule has 1 atom stereocenters. The van der Waals surface area contributed by atoms with Crippen molar-refractivity contribution >= 4 is 11.8 Å². The molecule has 1 rings (SSSR count). The first-order valence-electron chi connectivity index (χ1n) is 4.02. The highest BCUT2D eigenvalue weighted by Crippen LogP contribution is 2.23. The molecule has 0 spiro atoms. The molecule has 66 valence electrons. The summed E-state index contributed by atoms with van der Waals surface area (Å²) in [6.45, 7) is 3.91. The van der Waals surface area contributed by atoms with E-state index in [-0.39, 0.29) is 24.1 Å². The summed E-state index contributed by atoms with van der Waals surface area (Å²) in [7, 11) is 0. The van der Waals surface area contributed by atoms with Gasteiger partial charge in [0.15, 0.2) is 5.78 Å². The van der Waals surface area contributed by atoms with Gasteiger partial charge in [-0.2, -0.15) is 0 Å². The summed E-state index contributed by atoms with van der Waals surface area (Å²) in [4.78, 5) is 22.1. The van der Waals surface area contributed by atoms with Crippen LogP contribution in [0.25, 0.3) is 0 Å². The van der Waals surface area contributed by atoms with E-state index in [4.69, 9.17) is 4.74 Å². The fourth-order valence-corrected chi connectivity index (χ4v) is 1.29. The van der Waals surface area contributed by atoms with E-state index in [1.807, 2.05) is 0 Å². The molecule has 0 unspecified atom stereocenters. The second-order valence-corrected chi connectivity index (χ2v) is 2.86. The summed E-state index contributed by atoms with van der Waals surface area (Å²) in [5.41, 5.74) is 0.818. The van der Waals surface area contributed by atoms with Gasteiger partial charge in [-0.3, -0.25) is 9.59 Å². The standard InChI is InChI=1S/C9H12O3/c1-3-12-9(11)8-5-7(10)4-6(8)2/h4,8H,3,5H2,1-2H3/t8-/m0/s1. The van der Waals surface area contributed by atoms with Crippen LogP contribution in [0.5, 0.6) is 0 Å². The van der Waals surface area contributed by atoms with Gasteiger partial charge in [0.1, 0.15) is 0 Å². The zero-order valence-corrected chi connectivity index (χ0v) is 7.29. The van der Waals surface area contributed by atoms with Crippen molar-refractivity contribution in [1.82, 2.24) is 0 Å². The minimum absolute atomic E-state index is 0.0190. The van der Waals surface area contributed by atoms with Crippen molar-refractivity contribution in [2.75, 3.05) is 6.61 Å². The molecule has 1 aliphatic rings. The minimum atomic E-state index is -0.322. The average molecular weight is 168 g/mol. The molecule has 0 radical (unpaired) electrons. The number of carbonyl (C=O) groups excluding carboxylic acids is 2. The largest absolute Gasteiger partial charge is 0.466 e. The number of hydrogen-bond donors (Lipinski definition) is 0. The SMILES string of the molecule is CCOC(=O)[C@H]1CC(=O)C=C1C. The fraction of sp³-hybridized carbons (Fsp3) is 0.556. The molecular formula is C9H12O3. The minimum Gasteiger partial charge on any atom is -0.466 e. The molecule has 0 saturated carbocycles. The fourth-order valence-electron chi connectivity index (χ4n) is 1.29. The second kappa shape index (κ2) is 3.52. The Bertz CT molecular complexity index is 240. The lowest BCUT2D eigenvalue weighted by molar-refractivity contribution is -0.147. The van der Waals surface area contributed by atoms with Gasteiger partial charge in [-0.1, -0.05) is 5.57 Å². The van der Waals surface area contributed by atoms with E-state index in [1.165, 1.54) is 6.08 Å². The van der Waals surface area contributed by atoms with Crippen molar-refractivity contribution in [2.45, 2.75) is 20.3 Å². The molecule has 1 aliphatic carbocycles. The van der Waals surface area contributed by atoms with Crippen LogP contribution in [-0.2, 0) is 14.3 Å². The van der Waals surface area contributed by atoms with Crippen LogP contribution >= 0.6 is 0 Å². The molecule has 3 heteroatoms. The van der Waals surface area contributed by atoms with Gasteiger partial charge in [-0.15, -0.1) is 0 Å². The van der Waals surface area contributed by atoms with Crippen molar-refractivity contribution in [3.05, 3.63) is 11.6 Å². The Hall–Kier alpha value is -1.12. The first-order chi connectivity index (χ1) is 5.65. The van der Waals surface area contributed by atoms with Crippen molar-refractivity contribution in [2.24, 2.45) is 5.92 Å². The summed E-state index contributed by atoms with van der Waals surface area (Å²) in [5.74, 6) is -0.583. The van der Waals surface area contributed by atoms with Crippen molar-refractivity contribution in [3.63, 3.8) is 0 Å². The zero-order chi connectivity index (χ0) is 9.14. The molecule has 0 saturated heterocycles. The monoisotopic (exact) mass is 168 g/mol. The zero-order valence-electron chi connectivity index (χ0n) is 7.29. The summed E-state index contributed by atoms with van der Waals surface area (Å²) in [6.07, 6.45) is 1.80. The summed E-state index contributed by atoms with van der Waals surface area (Å²) < 4.78 is 4.81. The molecule has 0 aliphatic heterocycles. The molecule has 0 aromatic carbocycles. The Morgan fingerprint density at radius 3 is 2.83 bits per heavy atom. The third kappa shape index (κ3) is 1.72. The Kier molecular flexibility index (Phi) is 2.63. The maximum absolute atomic E-state index is 11.2. The third-order valence-electron chi connectivity index (χ3n) is 1.91. The first kappa shape index (κ1) is 8.97. The molecule has 0 fully saturated rings. The third-order valence-corrected chi connectivity index (χ3v) is 1.91. The Labute approximate surface area is 71.4 Å². The highest BCUT2D eigenvalue weighted by Gasteiger charge is 2.29. The Morgan fingerprint density at radius 2 is 2.42 bits per heavy atom. The van der Waals surface area contributed by atoms with Gasteiger partial charge in [-0.05, 0) is 19.9 Å². The van der Waals surface area contributed by atoms with Crippen LogP contribution in [0.3, 0.4) is 0 Å². The molecular weight excluding hydrogens is 156 g/mol. The Balaban J connectivity index is 2.61. The molecule has 0 N–H and O–H groups in total. The Morgan fingerprint density at radius 1 is 1.75 bits per heavy atom. The topological polar surface area (TPSA) is 43.4 Å². The van der Waals surface area contributed by atoms with Crippen molar-refractivity contribution < 1.29 is 14.3 Å². The number of allylic oxidation sites excluding steroid dienone is 1. The van der Waals surface area contributed by atoms with E-state index >= 15 is 0 Å². The van der Waals surface area contributed by atoms with Gasteiger partial charge < -0.3 is 4.74 Å². The quantitative estimate of drug-likeness (QED) is 0.579. The number of esters is 1. The van der Waals surface area contributed by atoms with Gasteiger partial charge in [-0.25, -0.2) is 0 Å². The van der Waals surface area contributed by atoms with Crippen LogP contribution in [0.2, 0.25) is 0 Å². The van der Waals surface area contributed by atoms with Crippen LogP contribution in [0.15, 0.2) is 11.6 Å². The van der Waals surface area contributed by atoms with E-state index in [9.17, 15) is 9.59 Å². The maximum atomic E-state index is 11.2. The number of rotatable bonds is 2. The number of hydrogen-bond acceptors (Lipinski definition) is 3. The molecule has 0 aromatic heterocycles. The van der Waals surface area contributed by atoms with Gasteiger partial charge >= 0.3 is 5.97 Å². The summed E-state index contributed by atoms with van der Waals surface area (Å²) >= 11 is 0. The smallest absolute Gasteiger partial charge is 0.313 e. The maximum Gasteiger partial charge on any atom is 0.313 e. The predicted octanol–water partition coefficient (Wildman–Crippen LogP) is 1.08. The molecule has 0 bridgehead atoms. The van der Waals surface area contributed by atoms with Gasteiger partial charge in [0, 0.05) is 6.42 Å². The molecule has 0 heterocycles. The number of carbonyl (C=O) groups is 2. The van der Waals surface area contributed by atoms with E-state index in [0.29, 0.717) is 6.61 Å². The summed E-state index contributed by atoms with van der Waals surface area (Å²) in [6, 6.07) is 0. The normalized spacial score (nSPS) is 22.3. The van der Waals surface area contributed by atoms with Crippen LogP contribution < -0.4 is 0 Å². The molecule has 3 nitrogen and oxygen atoms in total. The van der Waals surface area contributed by atoms with E-state index in [0.717, 1.165) is 5.57 Å². The van der Waals surface area contributed by atoms with Gasteiger partial charge in [0.25, 0.3) is 0 Å². The van der Waals surface area contributed by atoms with Crippen LogP contribution in [-0.4, -0.2) is 18.4 Å². The lowest BCUT2D eigenvalue weighted by atomic mass is 10.0. The van der Waals surface area contributed by atoms with Crippen LogP contribution in [0, 0.1) is 5.92 Å². The average Bonchev–Trinajstić information content (AvgIpc) is 2.30. The number of ether oxygens (including phenoxy) is 1. The van der Waals surface area contributed by atoms with E-state index < -0.39 is 0 Å².